The third-order valence-electron chi connectivity index (χ3n) is 2.46. The topological polar surface area (TPSA) is 9.23 Å². The molecule has 61 valence electrons. The third kappa shape index (κ3) is 2.48. The van der Waals surface area contributed by atoms with Crippen molar-refractivity contribution in [2.24, 2.45) is 0 Å². The molecule has 1 fully saturated rings. The molecule has 1 rings (SSSR count). The van der Waals surface area contributed by atoms with E-state index in [0.29, 0.717) is 0 Å². The molecule has 0 aromatic carbocycles. The van der Waals surface area contributed by atoms with Crippen molar-refractivity contribution in [3.05, 3.63) is 12.7 Å². The first kappa shape index (κ1) is 9.59. The molecule has 0 aliphatic heterocycles. The van der Waals surface area contributed by atoms with E-state index in [1.807, 2.05) is 0 Å². The first-order valence-electron chi connectivity index (χ1n) is 4.24. The van der Waals surface area contributed by atoms with Gasteiger partial charge in [0.1, 0.15) is 0 Å². The summed E-state index contributed by atoms with van der Waals surface area (Å²) in [5, 5.41) is 0. The van der Waals surface area contributed by atoms with Gasteiger partial charge in [0.25, 0.3) is 0 Å². The molecule has 1 nitrogen and oxygen atoms in total. The molecule has 0 aromatic rings. The second kappa shape index (κ2) is 4.51. The predicted molar refractivity (Wildman–Crippen MR) is 46.1 cm³/mol. The van der Waals surface area contributed by atoms with E-state index in [1.54, 1.807) is 6.08 Å². The summed E-state index contributed by atoms with van der Waals surface area (Å²) in [5.74, 6) is 0. The van der Waals surface area contributed by atoms with Crippen LogP contribution in [0, 0.1) is 6.58 Å². The summed E-state index contributed by atoms with van der Waals surface area (Å²) in [4.78, 5) is 0. The van der Waals surface area contributed by atoms with Crippen LogP contribution < -0.4 is 0 Å². The van der Waals surface area contributed by atoms with Crippen molar-refractivity contribution in [3.8, 4) is 0 Å². The van der Waals surface area contributed by atoms with Crippen molar-refractivity contribution < 1.29 is 3.07 Å². The van der Waals surface area contributed by atoms with Gasteiger partial charge in [0.05, 0.1) is 0 Å². The molecule has 1 saturated carbocycles. The Hall–Kier alpha value is 0.499. The van der Waals surface area contributed by atoms with E-state index in [1.165, 1.54) is 25.7 Å². The molecule has 1 aliphatic carbocycles. The van der Waals surface area contributed by atoms with Gasteiger partial charge in [-0.1, -0.05) is 0 Å². The van der Waals surface area contributed by atoms with Crippen LogP contribution in [0.5, 0.6) is 0 Å². The standard InChI is InChI=1S/C9H14O.Sn/c1-2-9(10)7-5-3-4-6-8-9;/h1-2H,3-8H2;/q-2;+1. The molecule has 0 unspecified atom stereocenters. The molecule has 0 aromatic heterocycles. The Morgan fingerprint density at radius 1 is 1.18 bits per heavy atom. The van der Waals surface area contributed by atoms with Crippen molar-refractivity contribution in [1.82, 2.24) is 0 Å². The van der Waals surface area contributed by atoms with Crippen LogP contribution in [0.2, 0.25) is 0 Å². The second-order valence-electron chi connectivity index (χ2n) is 3.25. The van der Waals surface area contributed by atoms with E-state index >= 15 is 0 Å². The quantitative estimate of drug-likeness (QED) is 0.418. The summed E-state index contributed by atoms with van der Waals surface area (Å²) in [7, 11) is 0. The minimum absolute atomic E-state index is 0.0607. The van der Waals surface area contributed by atoms with Crippen molar-refractivity contribution in [2.45, 2.75) is 44.1 Å². The molecule has 11 heavy (non-hydrogen) atoms. The van der Waals surface area contributed by atoms with Crippen LogP contribution in [0.1, 0.15) is 38.5 Å². The number of hydrogen-bond donors (Lipinski definition) is 0. The van der Waals surface area contributed by atoms with Gasteiger partial charge in [-0.25, -0.2) is 0 Å². The van der Waals surface area contributed by atoms with E-state index < -0.39 is 0 Å². The van der Waals surface area contributed by atoms with Gasteiger partial charge in [-0.15, -0.1) is 0 Å². The average molecular weight is 257 g/mol. The molecule has 0 bridgehead atoms. The van der Waals surface area contributed by atoms with E-state index in [4.69, 9.17) is 9.65 Å². The van der Waals surface area contributed by atoms with Gasteiger partial charge >= 0.3 is 82.8 Å². The Morgan fingerprint density at radius 3 is 2.09 bits per heavy atom. The molecule has 0 saturated heterocycles. The summed E-state index contributed by atoms with van der Waals surface area (Å²) in [5.41, 5.74) is -0.0607. The normalized spacial score (nSPS) is 24.1. The fraction of sp³-hybridized carbons (Fsp3) is 0.778. The van der Waals surface area contributed by atoms with Gasteiger partial charge in [0, 0.05) is 0 Å². The zero-order valence-corrected chi connectivity index (χ0v) is 9.66. The minimum atomic E-state index is -0.0607. The fourth-order valence-corrected chi connectivity index (χ4v) is 2.41. The average Bonchev–Trinajstić information content (AvgIpc) is 2.30. The third-order valence-corrected chi connectivity index (χ3v) is 3.62. The molecule has 0 amide bonds. The van der Waals surface area contributed by atoms with Crippen molar-refractivity contribution in [2.75, 3.05) is 0 Å². The first-order valence-corrected chi connectivity index (χ1v) is 5.40. The Balaban J connectivity index is 2.55. The summed E-state index contributed by atoms with van der Waals surface area (Å²) < 4.78 is 5.52. The Kier molecular flexibility index (Phi) is 3.93. The summed E-state index contributed by atoms with van der Waals surface area (Å²) >= 11 is 1.14. The number of rotatable bonds is 2. The van der Waals surface area contributed by atoms with Crippen LogP contribution in [0.15, 0.2) is 6.08 Å². The second-order valence-corrected chi connectivity index (χ2v) is 3.83. The molecular weight excluding hydrogens is 243 g/mol. The Bertz CT molecular complexity index is 126. The van der Waals surface area contributed by atoms with Crippen molar-refractivity contribution in [1.29, 1.82) is 0 Å². The molecular formula is C9H14OSn-. The van der Waals surface area contributed by atoms with Crippen LogP contribution >= 0.6 is 0 Å². The molecule has 3 radical (unpaired) electrons. The van der Waals surface area contributed by atoms with E-state index in [0.717, 1.165) is 35.8 Å². The summed E-state index contributed by atoms with van der Waals surface area (Å²) in [6.45, 7) is 5.58. The van der Waals surface area contributed by atoms with Crippen LogP contribution in [0.4, 0.5) is 0 Å². The van der Waals surface area contributed by atoms with Gasteiger partial charge in [-0.2, -0.15) is 0 Å². The van der Waals surface area contributed by atoms with Gasteiger partial charge in [-0.3, -0.25) is 0 Å². The molecule has 0 spiro atoms. The van der Waals surface area contributed by atoms with Crippen molar-refractivity contribution in [3.63, 3.8) is 0 Å². The Labute approximate surface area is 82.8 Å². The zero-order chi connectivity index (χ0) is 8.16. The predicted octanol–water partition coefficient (Wildman–Crippen LogP) is 2.17. The maximum atomic E-state index is 5.58. The van der Waals surface area contributed by atoms with Crippen molar-refractivity contribution >= 4 is 22.9 Å². The molecule has 0 heterocycles. The molecule has 0 atom stereocenters. The van der Waals surface area contributed by atoms with Crippen LogP contribution in [-0.2, 0) is 3.07 Å². The van der Waals surface area contributed by atoms with Gasteiger partial charge < -0.3 is 0 Å². The zero-order valence-electron chi connectivity index (χ0n) is 6.81. The van der Waals surface area contributed by atoms with Crippen LogP contribution in [0.3, 0.4) is 0 Å². The van der Waals surface area contributed by atoms with Crippen LogP contribution in [-0.4, -0.2) is 28.5 Å². The van der Waals surface area contributed by atoms with E-state index in [-0.39, 0.29) is 5.60 Å². The van der Waals surface area contributed by atoms with Crippen LogP contribution in [0.25, 0.3) is 0 Å². The fourth-order valence-electron chi connectivity index (χ4n) is 1.63. The molecule has 2 heteroatoms. The SMILES string of the molecule is [CH-]=CC1([O][Sn])CCCCCC1. The van der Waals surface area contributed by atoms with E-state index in [2.05, 4.69) is 0 Å². The summed E-state index contributed by atoms with van der Waals surface area (Å²) in [6, 6.07) is 0. The molecule has 1 aliphatic rings. The monoisotopic (exact) mass is 258 g/mol. The van der Waals surface area contributed by atoms with Gasteiger partial charge in [-0.05, 0) is 0 Å². The summed E-state index contributed by atoms with van der Waals surface area (Å²) in [6.07, 6.45) is 9.21. The molecule has 0 N–H and O–H groups in total. The number of hydrogen-bond acceptors (Lipinski definition) is 1. The first-order chi connectivity index (χ1) is 5.33. The maximum absolute atomic E-state index is 5.58. The van der Waals surface area contributed by atoms with Gasteiger partial charge in [0.2, 0.25) is 0 Å². The van der Waals surface area contributed by atoms with E-state index in [9.17, 15) is 0 Å². The Morgan fingerprint density at radius 2 is 1.73 bits per heavy atom. The van der Waals surface area contributed by atoms with Gasteiger partial charge in [0.15, 0.2) is 0 Å².